The minimum Gasteiger partial charge on any atom is -0.481 e. The first kappa shape index (κ1) is 13.0. The monoisotopic (exact) mass is 296 g/mol. The Bertz CT molecular complexity index is 390. The highest BCUT2D eigenvalue weighted by Crippen LogP contribution is 2.34. The smallest absolute Gasteiger partial charge is 0.390 e. The van der Waals surface area contributed by atoms with Crippen LogP contribution in [0.1, 0.15) is 17.9 Å². The number of halogens is 4. The van der Waals surface area contributed by atoms with E-state index in [4.69, 9.17) is 5.11 Å². The van der Waals surface area contributed by atoms with Crippen molar-refractivity contribution in [1.82, 2.24) is 0 Å². The molecule has 1 atom stereocenters. The zero-order chi connectivity index (χ0) is 12.3. The third kappa shape index (κ3) is 3.52. The zero-order valence-electron chi connectivity index (χ0n) is 7.96. The Morgan fingerprint density at radius 1 is 1.38 bits per heavy atom. The molecule has 0 saturated carbocycles. The predicted octanol–water partition coefficient (Wildman–Crippen LogP) is 3.57. The lowest BCUT2D eigenvalue weighted by Gasteiger charge is -2.16. The van der Waals surface area contributed by atoms with Crippen LogP contribution in [-0.4, -0.2) is 17.3 Å². The third-order valence-electron chi connectivity index (χ3n) is 2.01. The maximum absolute atomic E-state index is 12.2. The van der Waals surface area contributed by atoms with Gasteiger partial charge in [0.1, 0.15) is 0 Å². The second kappa shape index (κ2) is 4.86. The van der Waals surface area contributed by atoms with Gasteiger partial charge in [-0.3, -0.25) is 4.79 Å². The molecule has 0 amide bonds. The zero-order valence-corrected chi connectivity index (χ0v) is 9.55. The van der Waals surface area contributed by atoms with Crippen LogP contribution in [0.5, 0.6) is 0 Å². The molecule has 0 bridgehead atoms. The van der Waals surface area contributed by atoms with E-state index in [-0.39, 0.29) is 5.56 Å². The molecule has 0 aliphatic rings. The Labute approximate surface area is 98.2 Å². The van der Waals surface area contributed by atoms with Gasteiger partial charge in [0.15, 0.2) is 0 Å². The third-order valence-corrected chi connectivity index (χ3v) is 2.74. The molecule has 0 saturated heterocycles. The lowest BCUT2D eigenvalue weighted by atomic mass is 9.96. The van der Waals surface area contributed by atoms with Gasteiger partial charge in [0, 0.05) is 4.47 Å². The van der Waals surface area contributed by atoms with E-state index in [2.05, 4.69) is 15.9 Å². The fourth-order valence-electron chi connectivity index (χ4n) is 1.32. The van der Waals surface area contributed by atoms with Crippen molar-refractivity contribution in [3.8, 4) is 0 Å². The summed E-state index contributed by atoms with van der Waals surface area (Å²) in [5.41, 5.74) is 0.132. The Balaban J connectivity index is 3.04. The fourth-order valence-corrected chi connectivity index (χ4v) is 1.88. The van der Waals surface area contributed by atoms with E-state index in [0.717, 1.165) is 0 Å². The molecule has 0 spiro atoms. The van der Waals surface area contributed by atoms with Crippen molar-refractivity contribution < 1.29 is 23.1 Å². The van der Waals surface area contributed by atoms with Crippen LogP contribution < -0.4 is 0 Å². The first-order valence-electron chi connectivity index (χ1n) is 4.35. The summed E-state index contributed by atoms with van der Waals surface area (Å²) in [6.07, 6.45) is -5.87. The summed E-state index contributed by atoms with van der Waals surface area (Å²) >= 11 is 3.04. The van der Waals surface area contributed by atoms with Crippen molar-refractivity contribution in [2.45, 2.75) is 18.5 Å². The molecular formula is C10H8BrF3O2. The van der Waals surface area contributed by atoms with Crippen molar-refractivity contribution in [3.63, 3.8) is 0 Å². The molecule has 0 radical (unpaired) electrons. The minimum atomic E-state index is -4.50. The van der Waals surface area contributed by atoms with E-state index in [1.807, 2.05) is 0 Å². The Kier molecular flexibility index (Phi) is 3.96. The van der Waals surface area contributed by atoms with Crippen LogP contribution >= 0.6 is 15.9 Å². The number of hydrogen-bond donors (Lipinski definition) is 1. The van der Waals surface area contributed by atoms with E-state index in [1.165, 1.54) is 18.2 Å². The standard InChI is InChI=1S/C10H8BrF3O2/c11-8-4-2-1-3-6(8)7(9(15)16)5-10(12,13)14/h1-4,7H,5H2,(H,15,16). The first-order valence-corrected chi connectivity index (χ1v) is 5.14. The number of hydrogen-bond acceptors (Lipinski definition) is 1. The summed E-state index contributed by atoms with van der Waals surface area (Å²) in [6.45, 7) is 0. The van der Waals surface area contributed by atoms with Crippen molar-refractivity contribution in [2.75, 3.05) is 0 Å². The summed E-state index contributed by atoms with van der Waals surface area (Å²) in [6, 6.07) is 6.00. The summed E-state index contributed by atoms with van der Waals surface area (Å²) < 4.78 is 37.0. The Hall–Kier alpha value is -1.04. The van der Waals surface area contributed by atoms with Gasteiger partial charge >= 0.3 is 12.1 Å². The average Bonchev–Trinajstić information content (AvgIpc) is 2.13. The van der Waals surface area contributed by atoms with Gasteiger partial charge in [-0.2, -0.15) is 13.2 Å². The van der Waals surface area contributed by atoms with Crippen LogP contribution in [-0.2, 0) is 4.79 Å². The molecule has 1 rings (SSSR count). The summed E-state index contributed by atoms with van der Waals surface area (Å²) in [7, 11) is 0. The topological polar surface area (TPSA) is 37.3 Å². The maximum Gasteiger partial charge on any atom is 0.390 e. The van der Waals surface area contributed by atoms with E-state index in [1.54, 1.807) is 6.07 Å². The van der Waals surface area contributed by atoms with Crippen LogP contribution in [0.25, 0.3) is 0 Å². The highest BCUT2D eigenvalue weighted by molar-refractivity contribution is 9.10. The number of carboxylic acids is 1. The van der Waals surface area contributed by atoms with Gasteiger partial charge in [-0.1, -0.05) is 34.1 Å². The maximum atomic E-state index is 12.2. The van der Waals surface area contributed by atoms with Crippen LogP contribution in [0.15, 0.2) is 28.7 Å². The molecule has 1 aromatic rings. The highest BCUT2D eigenvalue weighted by atomic mass is 79.9. The number of rotatable bonds is 3. The van der Waals surface area contributed by atoms with Gasteiger partial charge in [-0.05, 0) is 11.6 Å². The summed E-state index contributed by atoms with van der Waals surface area (Å²) in [5, 5.41) is 8.79. The van der Waals surface area contributed by atoms with Crippen molar-refractivity contribution >= 4 is 21.9 Å². The van der Waals surface area contributed by atoms with Gasteiger partial charge < -0.3 is 5.11 Å². The lowest BCUT2D eigenvalue weighted by Crippen LogP contribution is -2.20. The van der Waals surface area contributed by atoms with Crippen LogP contribution in [0.2, 0.25) is 0 Å². The molecule has 0 aromatic heterocycles. The Morgan fingerprint density at radius 3 is 2.38 bits per heavy atom. The molecule has 0 fully saturated rings. The molecule has 0 heterocycles. The minimum absolute atomic E-state index is 0.132. The van der Waals surface area contributed by atoms with Crippen molar-refractivity contribution in [3.05, 3.63) is 34.3 Å². The second-order valence-corrected chi connectivity index (χ2v) is 4.09. The molecule has 0 aliphatic heterocycles. The molecule has 1 unspecified atom stereocenters. The van der Waals surface area contributed by atoms with Gasteiger partial charge in [-0.15, -0.1) is 0 Å². The molecule has 1 aromatic carbocycles. The molecule has 6 heteroatoms. The normalized spacial score (nSPS) is 13.5. The van der Waals surface area contributed by atoms with E-state index in [9.17, 15) is 18.0 Å². The summed E-state index contributed by atoms with van der Waals surface area (Å²) in [4.78, 5) is 10.8. The number of aliphatic carboxylic acids is 1. The Morgan fingerprint density at radius 2 is 1.94 bits per heavy atom. The van der Waals surface area contributed by atoms with Crippen molar-refractivity contribution in [2.24, 2.45) is 0 Å². The lowest BCUT2D eigenvalue weighted by molar-refractivity contribution is -0.157. The van der Waals surface area contributed by atoms with Gasteiger partial charge in [0.05, 0.1) is 12.3 Å². The number of alkyl halides is 3. The molecule has 0 aliphatic carbocycles. The molecular weight excluding hydrogens is 289 g/mol. The van der Waals surface area contributed by atoms with Crippen LogP contribution in [0, 0.1) is 0 Å². The molecule has 88 valence electrons. The highest BCUT2D eigenvalue weighted by Gasteiger charge is 2.36. The van der Waals surface area contributed by atoms with Crippen LogP contribution in [0.4, 0.5) is 13.2 Å². The van der Waals surface area contributed by atoms with Crippen molar-refractivity contribution in [1.29, 1.82) is 0 Å². The van der Waals surface area contributed by atoms with E-state index < -0.39 is 24.5 Å². The molecule has 1 N–H and O–H groups in total. The summed E-state index contributed by atoms with van der Waals surface area (Å²) in [5.74, 6) is -3.06. The number of carboxylic acid groups (broad SMARTS) is 1. The van der Waals surface area contributed by atoms with Gasteiger partial charge in [0.2, 0.25) is 0 Å². The first-order chi connectivity index (χ1) is 7.31. The fraction of sp³-hybridized carbons (Fsp3) is 0.300. The quantitative estimate of drug-likeness (QED) is 0.926. The van der Waals surface area contributed by atoms with Gasteiger partial charge in [0.25, 0.3) is 0 Å². The average molecular weight is 297 g/mol. The second-order valence-electron chi connectivity index (χ2n) is 3.23. The largest absolute Gasteiger partial charge is 0.481 e. The van der Waals surface area contributed by atoms with E-state index in [0.29, 0.717) is 4.47 Å². The van der Waals surface area contributed by atoms with E-state index >= 15 is 0 Å². The number of carbonyl (C=O) groups is 1. The predicted molar refractivity (Wildman–Crippen MR) is 55.2 cm³/mol. The molecule has 16 heavy (non-hydrogen) atoms. The molecule has 2 nitrogen and oxygen atoms in total. The van der Waals surface area contributed by atoms with Crippen LogP contribution in [0.3, 0.4) is 0 Å². The van der Waals surface area contributed by atoms with Gasteiger partial charge in [-0.25, -0.2) is 0 Å². The number of benzene rings is 1. The SMILES string of the molecule is O=C(O)C(CC(F)(F)F)c1ccccc1Br.